The lowest BCUT2D eigenvalue weighted by Gasteiger charge is -2.27. The average Bonchev–Trinajstić information content (AvgIpc) is 2.79. The molecule has 0 saturated heterocycles. The third-order valence-corrected chi connectivity index (χ3v) is 6.56. The summed E-state index contributed by atoms with van der Waals surface area (Å²) >= 11 is 0. The number of pyridine rings is 1. The van der Waals surface area contributed by atoms with Gasteiger partial charge in [0.2, 0.25) is 0 Å². The number of rotatable bonds is 5. The normalized spacial score (nSPS) is 27.4. The van der Waals surface area contributed by atoms with Crippen molar-refractivity contribution in [3.05, 3.63) is 29.6 Å². The van der Waals surface area contributed by atoms with Crippen LogP contribution in [-0.4, -0.2) is 17.6 Å². The van der Waals surface area contributed by atoms with Gasteiger partial charge in [-0.3, -0.25) is 4.98 Å². The maximum atomic E-state index is 4.74. The molecule has 2 heteroatoms. The number of nitrogens with zero attached hydrogens (tertiary/aromatic N) is 1. The predicted molar refractivity (Wildman–Crippen MR) is 88.4 cm³/mol. The van der Waals surface area contributed by atoms with Gasteiger partial charge < -0.3 is 5.32 Å². The zero-order valence-corrected chi connectivity index (χ0v) is 14.2. The van der Waals surface area contributed by atoms with Crippen LogP contribution in [0.5, 0.6) is 0 Å². The van der Waals surface area contributed by atoms with E-state index in [-0.39, 0.29) is 0 Å². The molecule has 1 saturated carbocycles. The van der Waals surface area contributed by atoms with Crippen molar-refractivity contribution >= 4 is 0 Å². The third kappa shape index (κ3) is 2.23. The molecule has 0 aliphatic heterocycles. The van der Waals surface area contributed by atoms with Crippen LogP contribution in [0, 0.1) is 16.7 Å². The van der Waals surface area contributed by atoms with Crippen molar-refractivity contribution in [3.8, 4) is 0 Å². The molecule has 0 amide bonds. The van der Waals surface area contributed by atoms with Crippen LogP contribution in [0.3, 0.4) is 0 Å². The fourth-order valence-electron chi connectivity index (χ4n) is 4.74. The molecule has 116 valence electrons. The summed E-state index contributed by atoms with van der Waals surface area (Å²) in [6.07, 6.45) is 5.63. The van der Waals surface area contributed by atoms with E-state index < -0.39 is 0 Å². The van der Waals surface area contributed by atoms with Crippen LogP contribution in [0.25, 0.3) is 0 Å². The van der Waals surface area contributed by atoms with Crippen LogP contribution in [-0.2, 0) is 6.42 Å². The quantitative estimate of drug-likeness (QED) is 0.879. The molecule has 0 spiro atoms. The number of hydrogen-bond acceptors (Lipinski definition) is 2. The van der Waals surface area contributed by atoms with Crippen molar-refractivity contribution in [2.24, 2.45) is 16.7 Å². The molecule has 1 aromatic rings. The summed E-state index contributed by atoms with van der Waals surface area (Å²) < 4.78 is 0. The number of fused-ring (bicyclic) bond motifs is 1. The minimum Gasteiger partial charge on any atom is -0.313 e. The lowest BCUT2D eigenvalue weighted by atomic mass is 9.88. The Bertz CT molecular complexity index is 504. The minimum atomic E-state index is 0.427. The first-order valence-electron chi connectivity index (χ1n) is 8.58. The van der Waals surface area contributed by atoms with Gasteiger partial charge in [-0.25, -0.2) is 0 Å². The number of aromatic nitrogens is 1. The monoisotopic (exact) mass is 286 g/mol. The molecule has 1 N–H and O–H groups in total. The van der Waals surface area contributed by atoms with Crippen LogP contribution >= 0.6 is 0 Å². The Morgan fingerprint density at radius 1 is 1.29 bits per heavy atom. The van der Waals surface area contributed by atoms with Crippen LogP contribution < -0.4 is 5.32 Å². The van der Waals surface area contributed by atoms with Crippen LogP contribution in [0.15, 0.2) is 18.3 Å². The SMILES string of the molecule is CCCNC(C1CCc2cccnc21)C1C(C)(C)C1(C)C. The smallest absolute Gasteiger partial charge is 0.0482 e. The molecule has 2 unspecified atom stereocenters. The highest BCUT2D eigenvalue weighted by Gasteiger charge is 2.68. The summed E-state index contributed by atoms with van der Waals surface area (Å²) in [5, 5.41) is 3.89. The zero-order chi connectivity index (χ0) is 15.3. The lowest BCUT2D eigenvalue weighted by Crippen LogP contribution is -2.39. The van der Waals surface area contributed by atoms with Gasteiger partial charge in [0.15, 0.2) is 0 Å². The van der Waals surface area contributed by atoms with E-state index in [1.165, 1.54) is 30.5 Å². The Kier molecular flexibility index (Phi) is 3.64. The maximum Gasteiger partial charge on any atom is 0.0482 e. The van der Waals surface area contributed by atoms with E-state index in [0.717, 1.165) is 12.5 Å². The highest BCUT2D eigenvalue weighted by Crippen LogP contribution is 2.71. The van der Waals surface area contributed by atoms with Gasteiger partial charge in [-0.2, -0.15) is 0 Å². The predicted octanol–water partition coefficient (Wildman–Crippen LogP) is 4.16. The van der Waals surface area contributed by atoms with Gasteiger partial charge in [0.05, 0.1) is 0 Å². The first-order chi connectivity index (χ1) is 9.91. The fourth-order valence-corrected chi connectivity index (χ4v) is 4.74. The van der Waals surface area contributed by atoms with Gasteiger partial charge in [-0.15, -0.1) is 0 Å². The van der Waals surface area contributed by atoms with Crippen molar-refractivity contribution in [3.63, 3.8) is 0 Å². The van der Waals surface area contributed by atoms with Crippen molar-refractivity contribution in [1.82, 2.24) is 10.3 Å². The van der Waals surface area contributed by atoms with Crippen molar-refractivity contribution in [2.75, 3.05) is 6.54 Å². The molecule has 1 heterocycles. The van der Waals surface area contributed by atoms with Crippen LogP contribution in [0.4, 0.5) is 0 Å². The van der Waals surface area contributed by atoms with Crippen LogP contribution in [0.1, 0.15) is 64.6 Å². The second-order valence-electron chi connectivity index (χ2n) is 8.09. The summed E-state index contributed by atoms with van der Waals surface area (Å²) in [6.45, 7) is 13.1. The lowest BCUT2D eigenvalue weighted by molar-refractivity contribution is 0.337. The molecule has 0 radical (unpaired) electrons. The second-order valence-corrected chi connectivity index (χ2v) is 8.09. The molecule has 2 aliphatic carbocycles. The Morgan fingerprint density at radius 2 is 2.00 bits per heavy atom. The van der Waals surface area contributed by atoms with E-state index in [1.54, 1.807) is 0 Å². The van der Waals surface area contributed by atoms with Gasteiger partial charge in [-0.05, 0) is 54.2 Å². The first kappa shape index (κ1) is 15.0. The Labute approximate surface area is 129 Å². The Morgan fingerprint density at radius 3 is 2.62 bits per heavy atom. The van der Waals surface area contributed by atoms with Crippen LogP contribution in [0.2, 0.25) is 0 Å². The van der Waals surface area contributed by atoms with Gasteiger partial charge in [-0.1, -0.05) is 40.7 Å². The Hall–Kier alpha value is -0.890. The maximum absolute atomic E-state index is 4.74. The van der Waals surface area contributed by atoms with Gasteiger partial charge in [0.25, 0.3) is 0 Å². The van der Waals surface area contributed by atoms with E-state index in [0.29, 0.717) is 22.8 Å². The highest BCUT2D eigenvalue weighted by atomic mass is 15.0. The summed E-state index contributed by atoms with van der Waals surface area (Å²) in [6, 6.07) is 4.93. The molecule has 0 bridgehead atoms. The first-order valence-corrected chi connectivity index (χ1v) is 8.58. The molecule has 2 aliphatic rings. The molecule has 2 nitrogen and oxygen atoms in total. The molecule has 1 aromatic heterocycles. The van der Waals surface area contributed by atoms with Gasteiger partial charge >= 0.3 is 0 Å². The van der Waals surface area contributed by atoms with Gasteiger partial charge in [0, 0.05) is 23.9 Å². The molecule has 0 aromatic carbocycles. The molecule has 21 heavy (non-hydrogen) atoms. The van der Waals surface area contributed by atoms with E-state index in [2.05, 4.69) is 52.1 Å². The van der Waals surface area contributed by atoms with E-state index in [4.69, 9.17) is 4.98 Å². The summed E-state index contributed by atoms with van der Waals surface area (Å²) in [7, 11) is 0. The fraction of sp³-hybridized carbons (Fsp3) is 0.737. The second kappa shape index (κ2) is 5.08. The summed E-state index contributed by atoms with van der Waals surface area (Å²) in [4.78, 5) is 4.74. The topological polar surface area (TPSA) is 24.9 Å². The van der Waals surface area contributed by atoms with Crippen molar-refractivity contribution in [1.29, 1.82) is 0 Å². The third-order valence-electron chi connectivity index (χ3n) is 6.56. The molecule has 1 fully saturated rings. The number of aryl methyl sites for hydroxylation is 1. The van der Waals surface area contributed by atoms with Gasteiger partial charge in [0.1, 0.15) is 0 Å². The molecule has 2 atom stereocenters. The van der Waals surface area contributed by atoms with E-state index >= 15 is 0 Å². The van der Waals surface area contributed by atoms with E-state index in [9.17, 15) is 0 Å². The summed E-state index contributed by atoms with van der Waals surface area (Å²) in [5.74, 6) is 1.34. The standard InChI is InChI=1S/C19H30N2/c1-6-11-20-16(17-18(2,3)19(17,4)5)14-10-9-13-8-7-12-21-15(13)14/h7-8,12,14,16-17,20H,6,9-11H2,1-5H3. The highest BCUT2D eigenvalue weighted by molar-refractivity contribution is 5.32. The summed E-state index contributed by atoms with van der Waals surface area (Å²) in [5.41, 5.74) is 3.69. The largest absolute Gasteiger partial charge is 0.313 e. The zero-order valence-electron chi connectivity index (χ0n) is 14.2. The minimum absolute atomic E-state index is 0.427. The van der Waals surface area contributed by atoms with Crippen molar-refractivity contribution < 1.29 is 0 Å². The molecule has 3 rings (SSSR count). The Balaban J connectivity index is 1.88. The average molecular weight is 286 g/mol. The molecular formula is C19H30N2. The van der Waals surface area contributed by atoms with Crippen molar-refractivity contribution in [2.45, 2.75) is 65.8 Å². The molecular weight excluding hydrogens is 256 g/mol. The number of hydrogen-bond donors (Lipinski definition) is 1. The number of nitrogens with one attached hydrogen (secondary N) is 1. The van der Waals surface area contributed by atoms with E-state index in [1.807, 2.05) is 6.20 Å².